The summed E-state index contributed by atoms with van der Waals surface area (Å²) < 4.78 is 4.85. The van der Waals surface area contributed by atoms with E-state index in [0.29, 0.717) is 20.8 Å². The normalized spacial score (nSPS) is 16.9. The minimum Gasteiger partial charge on any atom is -0.463 e. The third-order valence-electron chi connectivity index (χ3n) is 3.27. The molecule has 134 valence electrons. The lowest BCUT2D eigenvalue weighted by molar-refractivity contribution is -0.137. The molecule has 0 aliphatic carbocycles. The number of esters is 1. The van der Waals surface area contributed by atoms with Gasteiger partial charge in [-0.25, -0.2) is 4.79 Å². The van der Waals surface area contributed by atoms with E-state index in [1.165, 1.54) is 22.7 Å². The van der Waals surface area contributed by atoms with Crippen molar-refractivity contribution in [3.05, 3.63) is 39.3 Å². The molecule has 1 N–H and O–H groups in total. The van der Waals surface area contributed by atoms with E-state index < -0.39 is 17.9 Å². The summed E-state index contributed by atoms with van der Waals surface area (Å²) in [5.74, 6) is -1.08. The molecule has 1 fully saturated rings. The summed E-state index contributed by atoms with van der Waals surface area (Å²) in [7, 11) is 0. The number of carbonyl (C=O) groups is 3. The molecular formula is C16H16Cl2N2O4S. The van der Waals surface area contributed by atoms with Gasteiger partial charge in [-0.3, -0.25) is 14.5 Å². The minimum absolute atomic E-state index is 0.159. The fourth-order valence-corrected chi connectivity index (χ4v) is 3.71. The second-order valence-corrected chi connectivity index (χ2v) is 6.98. The van der Waals surface area contributed by atoms with E-state index in [-0.39, 0.29) is 18.3 Å². The highest BCUT2D eigenvalue weighted by Crippen LogP contribution is 2.31. The van der Waals surface area contributed by atoms with E-state index in [1.807, 2.05) is 0 Å². The average Bonchev–Trinajstić information content (AvgIpc) is 2.86. The van der Waals surface area contributed by atoms with Gasteiger partial charge in [-0.05, 0) is 32.0 Å². The molecule has 1 aromatic carbocycles. The van der Waals surface area contributed by atoms with Gasteiger partial charge in [-0.2, -0.15) is 0 Å². The zero-order valence-electron chi connectivity index (χ0n) is 13.5. The average molecular weight is 403 g/mol. The number of nitrogens with zero attached hydrogens (tertiary/aromatic N) is 1. The first-order chi connectivity index (χ1) is 11.8. The molecule has 6 nitrogen and oxygen atoms in total. The summed E-state index contributed by atoms with van der Waals surface area (Å²) >= 11 is 13.0. The predicted molar refractivity (Wildman–Crippen MR) is 98.6 cm³/mol. The van der Waals surface area contributed by atoms with Crippen LogP contribution in [0, 0.1) is 0 Å². The van der Waals surface area contributed by atoms with E-state index in [0.717, 1.165) is 0 Å². The van der Waals surface area contributed by atoms with Crippen molar-refractivity contribution in [1.29, 1.82) is 0 Å². The standard InChI is InChI=1S/C16H16Cl2N2O4S/c1-3-24-15(22)7-14-20(13(21)8-25-14)9(2)16(23)19-12-5-10(17)4-11(18)6-12/h4-7,9H,3,8H2,1-2H3,(H,19,23)/b14-7-. The second-order valence-electron chi connectivity index (χ2n) is 5.11. The molecule has 2 amide bonds. The van der Waals surface area contributed by atoms with Crippen molar-refractivity contribution < 1.29 is 19.1 Å². The van der Waals surface area contributed by atoms with E-state index in [4.69, 9.17) is 27.9 Å². The van der Waals surface area contributed by atoms with Crippen molar-refractivity contribution in [2.24, 2.45) is 0 Å². The largest absolute Gasteiger partial charge is 0.463 e. The summed E-state index contributed by atoms with van der Waals surface area (Å²) in [5.41, 5.74) is 0.421. The van der Waals surface area contributed by atoms with Crippen molar-refractivity contribution in [3.63, 3.8) is 0 Å². The second kappa shape index (κ2) is 8.60. The first-order valence-electron chi connectivity index (χ1n) is 7.42. The Bertz CT molecular complexity index is 719. The van der Waals surface area contributed by atoms with Crippen molar-refractivity contribution in [2.45, 2.75) is 19.9 Å². The maximum Gasteiger partial charge on any atom is 0.333 e. The lowest BCUT2D eigenvalue weighted by Gasteiger charge is -2.24. The van der Waals surface area contributed by atoms with Crippen LogP contribution >= 0.6 is 35.0 Å². The fourth-order valence-electron chi connectivity index (χ4n) is 2.19. The maximum atomic E-state index is 12.5. The minimum atomic E-state index is -0.819. The molecule has 1 atom stereocenters. The molecule has 1 saturated heterocycles. The topological polar surface area (TPSA) is 75.7 Å². The first-order valence-corrected chi connectivity index (χ1v) is 9.16. The Kier molecular flexibility index (Phi) is 6.75. The fraction of sp³-hybridized carbons (Fsp3) is 0.312. The molecule has 1 heterocycles. The number of anilines is 1. The van der Waals surface area contributed by atoms with Crippen LogP contribution in [0.5, 0.6) is 0 Å². The van der Waals surface area contributed by atoms with Crippen LogP contribution in [0.25, 0.3) is 0 Å². The number of nitrogens with one attached hydrogen (secondary N) is 1. The molecule has 0 radical (unpaired) electrons. The maximum absolute atomic E-state index is 12.5. The van der Waals surface area contributed by atoms with Crippen LogP contribution in [0.3, 0.4) is 0 Å². The number of thioether (sulfide) groups is 1. The SMILES string of the molecule is CCOC(=O)/C=C1\SCC(=O)N1C(C)C(=O)Nc1cc(Cl)cc(Cl)c1. The summed E-state index contributed by atoms with van der Waals surface area (Å²) in [5, 5.41) is 3.81. The summed E-state index contributed by atoms with van der Waals surface area (Å²) in [6, 6.07) is 3.83. The Morgan fingerprint density at radius 1 is 1.36 bits per heavy atom. The van der Waals surface area contributed by atoms with Gasteiger partial charge in [0.05, 0.1) is 23.5 Å². The molecule has 0 aromatic heterocycles. The molecule has 9 heteroatoms. The monoisotopic (exact) mass is 402 g/mol. The highest BCUT2D eigenvalue weighted by atomic mass is 35.5. The molecule has 2 rings (SSSR count). The van der Waals surface area contributed by atoms with E-state index >= 15 is 0 Å². The van der Waals surface area contributed by atoms with Crippen LogP contribution in [0.1, 0.15) is 13.8 Å². The van der Waals surface area contributed by atoms with Gasteiger partial charge in [-0.15, -0.1) is 0 Å². The molecule has 0 spiro atoms. The van der Waals surface area contributed by atoms with Gasteiger partial charge >= 0.3 is 5.97 Å². The van der Waals surface area contributed by atoms with Crippen LogP contribution in [-0.2, 0) is 19.1 Å². The highest BCUT2D eigenvalue weighted by molar-refractivity contribution is 8.04. The van der Waals surface area contributed by atoms with Crippen molar-refractivity contribution in [2.75, 3.05) is 17.7 Å². The number of carbonyl (C=O) groups excluding carboxylic acids is 3. The summed E-state index contributed by atoms with van der Waals surface area (Å²) in [4.78, 5) is 37.5. The number of benzene rings is 1. The molecular weight excluding hydrogens is 387 g/mol. The van der Waals surface area contributed by atoms with Gasteiger partial charge in [0, 0.05) is 15.7 Å². The Balaban J connectivity index is 2.15. The number of hydrogen-bond donors (Lipinski definition) is 1. The van der Waals surface area contributed by atoms with E-state index in [1.54, 1.807) is 32.0 Å². The van der Waals surface area contributed by atoms with E-state index in [2.05, 4.69) is 5.32 Å². The lowest BCUT2D eigenvalue weighted by atomic mass is 10.2. The third kappa shape index (κ3) is 5.14. The number of hydrogen-bond acceptors (Lipinski definition) is 5. The van der Waals surface area contributed by atoms with Gasteiger partial charge in [-0.1, -0.05) is 35.0 Å². The van der Waals surface area contributed by atoms with Gasteiger partial charge in [0.1, 0.15) is 6.04 Å². The van der Waals surface area contributed by atoms with E-state index in [9.17, 15) is 14.4 Å². The van der Waals surface area contributed by atoms with Crippen LogP contribution < -0.4 is 5.32 Å². The molecule has 25 heavy (non-hydrogen) atoms. The zero-order chi connectivity index (χ0) is 18.6. The lowest BCUT2D eigenvalue weighted by Crippen LogP contribution is -2.42. The smallest absolute Gasteiger partial charge is 0.333 e. The van der Waals surface area contributed by atoms with Gasteiger partial charge in [0.15, 0.2) is 0 Å². The number of ether oxygens (including phenoxy) is 1. The van der Waals surface area contributed by atoms with Crippen molar-refractivity contribution >= 4 is 58.4 Å². The van der Waals surface area contributed by atoms with Gasteiger partial charge < -0.3 is 10.1 Å². The van der Waals surface area contributed by atoms with Crippen molar-refractivity contribution in [1.82, 2.24) is 4.90 Å². The predicted octanol–water partition coefficient (Wildman–Crippen LogP) is 3.30. The number of halogens is 2. The van der Waals surface area contributed by atoms with Crippen LogP contribution in [0.2, 0.25) is 10.0 Å². The number of amides is 2. The Labute approximate surface area is 159 Å². The summed E-state index contributed by atoms with van der Waals surface area (Å²) in [6.07, 6.45) is 1.22. The Morgan fingerprint density at radius 3 is 2.60 bits per heavy atom. The molecule has 0 saturated carbocycles. The third-order valence-corrected chi connectivity index (χ3v) is 4.71. The van der Waals surface area contributed by atoms with Crippen LogP contribution in [0.15, 0.2) is 29.3 Å². The molecule has 1 aliphatic heterocycles. The first kappa shape index (κ1) is 19.6. The molecule has 1 unspecified atom stereocenters. The Hall–Kier alpha value is -1.70. The Morgan fingerprint density at radius 2 is 2.00 bits per heavy atom. The van der Waals surface area contributed by atoms with Gasteiger partial charge in [0.25, 0.3) is 0 Å². The molecule has 0 bridgehead atoms. The quantitative estimate of drug-likeness (QED) is 0.603. The van der Waals surface area contributed by atoms with Gasteiger partial charge in [0.2, 0.25) is 11.8 Å². The van der Waals surface area contributed by atoms with Crippen LogP contribution in [-0.4, -0.2) is 41.1 Å². The highest BCUT2D eigenvalue weighted by Gasteiger charge is 2.35. The van der Waals surface area contributed by atoms with Crippen molar-refractivity contribution in [3.8, 4) is 0 Å². The number of rotatable bonds is 5. The summed E-state index contributed by atoms with van der Waals surface area (Å²) in [6.45, 7) is 3.49. The zero-order valence-corrected chi connectivity index (χ0v) is 15.9. The molecule has 1 aliphatic rings. The molecule has 1 aromatic rings. The van der Waals surface area contributed by atoms with Crippen LogP contribution in [0.4, 0.5) is 5.69 Å².